The van der Waals surface area contributed by atoms with E-state index < -0.39 is 0 Å². The van der Waals surface area contributed by atoms with Crippen molar-refractivity contribution in [2.24, 2.45) is 0 Å². The van der Waals surface area contributed by atoms with E-state index in [1.807, 2.05) is 6.07 Å². The van der Waals surface area contributed by atoms with Crippen molar-refractivity contribution in [2.45, 2.75) is 0 Å². The van der Waals surface area contributed by atoms with Crippen molar-refractivity contribution < 1.29 is 0 Å². The van der Waals surface area contributed by atoms with Gasteiger partial charge in [-0.25, -0.2) is 9.97 Å². The van der Waals surface area contributed by atoms with Crippen LogP contribution in [0.4, 0.5) is 0 Å². The molecule has 0 unspecified atom stereocenters. The van der Waals surface area contributed by atoms with Crippen molar-refractivity contribution in [3.8, 4) is 67.0 Å². The third-order valence-corrected chi connectivity index (χ3v) is 11.4. The molecule has 11 rings (SSSR count). The molecule has 2 nitrogen and oxygen atoms in total. The van der Waals surface area contributed by atoms with Gasteiger partial charge in [-0.2, -0.15) is 0 Å². The third kappa shape index (κ3) is 5.91. The molecule has 0 radical (unpaired) electrons. The maximum atomic E-state index is 5.23. The van der Waals surface area contributed by atoms with Crippen molar-refractivity contribution in [3.63, 3.8) is 0 Å². The Morgan fingerprint density at radius 1 is 0.224 bits per heavy atom. The molecule has 0 amide bonds. The van der Waals surface area contributed by atoms with Crippen LogP contribution in [0.1, 0.15) is 0 Å². The molecule has 0 bridgehead atoms. The van der Waals surface area contributed by atoms with Crippen LogP contribution in [0.2, 0.25) is 0 Å². The molecule has 0 saturated heterocycles. The van der Waals surface area contributed by atoms with E-state index in [1.165, 1.54) is 54.9 Å². The van der Waals surface area contributed by atoms with Crippen molar-refractivity contribution in [3.05, 3.63) is 218 Å². The summed E-state index contributed by atoms with van der Waals surface area (Å²) in [5.74, 6) is 0. The van der Waals surface area contributed by atoms with Crippen molar-refractivity contribution in [1.82, 2.24) is 9.97 Å². The second kappa shape index (κ2) is 14.1. The first kappa shape index (κ1) is 33.6. The Labute approximate surface area is 337 Å². The predicted octanol–water partition coefficient (Wildman–Crippen LogP) is 15.1. The fourth-order valence-electron chi connectivity index (χ4n) is 8.60. The average molecular weight is 737 g/mol. The number of aromatic nitrogens is 2. The highest BCUT2D eigenvalue weighted by Gasteiger charge is 2.17. The van der Waals surface area contributed by atoms with E-state index in [4.69, 9.17) is 9.97 Å². The molecule has 0 fully saturated rings. The minimum absolute atomic E-state index is 0.914. The predicted molar refractivity (Wildman–Crippen MR) is 245 cm³/mol. The molecule has 0 saturated carbocycles. The number of fused-ring (bicyclic) bond motifs is 5. The lowest BCUT2D eigenvalue weighted by Gasteiger charge is -2.18. The van der Waals surface area contributed by atoms with E-state index in [9.17, 15) is 0 Å². The normalized spacial score (nSPS) is 11.4. The first-order valence-electron chi connectivity index (χ1n) is 19.8. The van der Waals surface area contributed by atoms with Gasteiger partial charge in [0.25, 0.3) is 0 Å². The molecular formula is C56H36N2. The molecule has 58 heavy (non-hydrogen) atoms. The van der Waals surface area contributed by atoms with Gasteiger partial charge < -0.3 is 0 Å². The highest BCUT2D eigenvalue weighted by atomic mass is 14.8. The third-order valence-electron chi connectivity index (χ3n) is 11.4. The van der Waals surface area contributed by atoms with E-state index in [0.717, 1.165) is 55.4 Å². The Kier molecular flexibility index (Phi) is 8.19. The quantitative estimate of drug-likeness (QED) is 0.125. The number of hydrogen-bond acceptors (Lipinski definition) is 2. The van der Waals surface area contributed by atoms with Gasteiger partial charge >= 0.3 is 0 Å². The van der Waals surface area contributed by atoms with Crippen LogP contribution in [0.5, 0.6) is 0 Å². The van der Waals surface area contributed by atoms with Gasteiger partial charge in [0, 0.05) is 21.9 Å². The average Bonchev–Trinajstić information content (AvgIpc) is 3.31. The molecule has 0 aliphatic carbocycles. The van der Waals surface area contributed by atoms with E-state index in [0.29, 0.717) is 0 Å². The SMILES string of the molecule is c1ccc(-c2ccc3ccc4ccc(-c5cccc(-c6ccc(-c7ccc8c(-c9ccccc9)c9ccccc9c(-c9ccccc9)c8c7)cc6)c5)nc4c3n2)cc1. The van der Waals surface area contributed by atoms with Crippen molar-refractivity contribution in [2.75, 3.05) is 0 Å². The number of benzene rings is 9. The Morgan fingerprint density at radius 3 is 1.19 bits per heavy atom. The summed E-state index contributed by atoms with van der Waals surface area (Å²) in [4.78, 5) is 10.3. The van der Waals surface area contributed by atoms with Crippen LogP contribution in [0.3, 0.4) is 0 Å². The van der Waals surface area contributed by atoms with Crippen molar-refractivity contribution in [1.29, 1.82) is 0 Å². The second-order valence-corrected chi connectivity index (χ2v) is 14.9. The molecule has 0 atom stereocenters. The molecule has 0 spiro atoms. The van der Waals surface area contributed by atoms with E-state index in [1.54, 1.807) is 0 Å². The Balaban J connectivity index is 0.978. The minimum atomic E-state index is 0.914. The molecule has 2 heterocycles. The molecule has 2 aromatic heterocycles. The van der Waals surface area contributed by atoms with Crippen molar-refractivity contribution >= 4 is 43.4 Å². The fourth-order valence-corrected chi connectivity index (χ4v) is 8.60. The summed E-state index contributed by atoms with van der Waals surface area (Å²) in [6, 6.07) is 78.3. The van der Waals surface area contributed by atoms with E-state index in [-0.39, 0.29) is 0 Å². The minimum Gasteiger partial charge on any atom is -0.245 e. The smallest absolute Gasteiger partial charge is 0.0972 e. The van der Waals surface area contributed by atoms with Crippen LogP contribution >= 0.6 is 0 Å². The zero-order valence-electron chi connectivity index (χ0n) is 31.7. The lowest BCUT2D eigenvalue weighted by Crippen LogP contribution is -1.92. The van der Waals surface area contributed by atoms with Crippen LogP contribution in [0.25, 0.3) is 110 Å². The highest BCUT2D eigenvalue weighted by Crippen LogP contribution is 2.45. The Morgan fingerprint density at radius 2 is 0.621 bits per heavy atom. The Hall–Kier alpha value is -7.68. The van der Waals surface area contributed by atoms with Gasteiger partial charge in [0.2, 0.25) is 0 Å². The van der Waals surface area contributed by atoms with Crippen LogP contribution in [-0.2, 0) is 0 Å². The number of rotatable bonds is 6. The summed E-state index contributed by atoms with van der Waals surface area (Å²) < 4.78 is 0. The monoisotopic (exact) mass is 736 g/mol. The van der Waals surface area contributed by atoms with Crippen LogP contribution in [0.15, 0.2) is 218 Å². The van der Waals surface area contributed by atoms with Gasteiger partial charge in [-0.15, -0.1) is 0 Å². The van der Waals surface area contributed by atoms with Gasteiger partial charge in [-0.3, -0.25) is 0 Å². The maximum absolute atomic E-state index is 5.23. The van der Waals surface area contributed by atoms with E-state index >= 15 is 0 Å². The zero-order valence-corrected chi connectivity index (χ0v) is 31.7. The van der Waals surface area contributed by atoms with Crippen LogP contribution in [-0.4, -0.2) is 9.97 Å². The first-order valence-corrected chi connectivity index (χ1v) is 19.8. The Bertz CT molecular complexity index is 3300. The molecule has 11 aromatic rings. The highest BCUT2D eigenvalue weighted by molar-refractivity contribution is 6.22. The molecule has 0 N–H and O–H groups in total. The lowest BCUT2D eigenvalue weighted by atomic mass is 9.85. The summed E-state index contributed by atoms with van der Waals surface area (Å²) in [6.45, 7) is 0. The van der Waals surface area contributed by atoms with Crippen LogP contribution < -0.4 is 0 Å². The summed E-state index contributed by atoms with van der Waals surface area (Å²) in [6.07, 6.45) is 0. The molecule has 0 aliphatic heterocycles. The van der Waals surface area contributed by atoms with Gasteiger partial charge in [0.1, 0.15) is 0 Å². The number of pyridine rings is 2. The van der Waals surface area contributed by atoms with Gasteiger partial charge in [-0.1, -0.05) is 194 Å². The second-order valence-electron chi connectivity index (χ2n) is 14.9. The maximum Gasteiger partial charge on any atom is 0.0972 e. The van der Waals surface area contributed by atoms with Gasteiger partial charge in [0.15, 0.2) is 0 Å². The molecule has 0 aliphatic rings. The van der Waals surface area contributed by atoms with Crippen LogP contribution in [0, 0.1) is 0 Å². The summed E-state index contributed by atoms with van der Waals surface area (Å²) in [7, 11) is 0. The summed E-state index contributed by atoms with van der Waals surface area (Å²) >= 11 is 0. The largest absolute Gasteiger partial charge is 0.245 e. The summed E-state index contributed by atoms with van der Waals surface area (Å²) in [5.41, 5.74) is 15.5. The molecule has 9 aromatic carbocycles. The zero-order chi connectivity index (χ0) is 38.4. The fraction of sp³-hybridized carbons (Fsp3) is 0. The van der Waals surface area contributed by atoms with Gasteiger partial charge in [0.05, 0.1) is 22.4 Å². The standard InChI is InChI=1S/C56H36N2/c1-4-13-39(14-5-1)51-33-30-42-27-28-43-31-34-52(58-56(43)55(42)57-51)46-20-12-19-44(35-46)37-23-25-38(26-24-37)45-29-32-49-50(36-45)54(41-17-8-3-9-18-41)48-22-11-10-21-47(48)53(49)40-15-6-2-7-16-40/h1-36H. The molecular weight excluding hydrogens is 701 g/mol. The lowest BCUT2D eigenvalue weighted by molar-refractivity contribution is 1.36. The number of nitrogens with zero attached hydrogens (tertiary/aromatic N) is 2. The first-order chi connectivity index (χ1) is 28.7. The molecule has 2 heteroatoms. The topological polar surface area (TPSA) is 25.8 Å². The number of hydrogen-bond donors (Lipinski definition) is 0. The molecule has 270 valence electrons. The van der Waals surface area contributed by atoms with E-state index in [2.05, 4.69) is 212 Å². The van der Waals surface area contributed by atoms with Gasteiger partial charge in [-0.05, 0) is 90.3 Å². The summed E-state index contributed by atoms with van der Waals surface area (Å²) in [5, 5.41) is 7.19.